The summed E-state index contributed by atoms with van der Waals surface area (Å²) in [5, 5.41) is 10.3. The van der Waals surface area contributed by atoms with E-state index in [9.17, 15) is 9.59 Å². The van der Waals surface area contributed by atoms with Crippen LogP contribution < -0.4 is 10.2 Å². The fourth-order valence-corrected chi connectivity index (χ4v) is 5.20. The van der Waals surface area contributed by atoms with Crippen LogP contribution in [0.3, 0.4) is 0 Å². The summed E-state index contributed by atoms with van der Waals surface area (Å²) in [6, 6.07) is 26.5. The number of anilines is 2. The van der Waals surface area contributed by atoms with E-state index < -0.39 is 0 Å². The van der Waals surface area contributed by atoms with Crippen LogP contribution >= 0.6 is 11.6 Å². The van der Waals surface area contributed by atoms with Gasteiger partial charge in [-0.25, -0.2) is 0 Å². The zero-order chi connectivity index (χ0) is 26.8. The van der Waals surface area contributed by atoms with Crippen molar-refractivity contribution in [3.63, 3.8) is 0 Å². The van der Waals surface area contributed by atoms with Crippen LogP contribution in [0.4, 0.5) is 11.4 Å². The molecule has 0 fully saturated rings. The Hall–Kier alpha value is -4.75. The van der Waals surface area contributed by atoms with Gasteiger partial charge in [0.2, 0.25) is 5.91 Å². The number of hydrogen-bond acceptors (Lipinski definition) is 4. The van der Waals surface area contributed by atoms with E-state index in [-0.39, 0.29) is 23.3 Å². The lowest BCUT2D eigenvalue weighted by molar-refractivity contribution is -0.115. The van der Waals surface area contributed by atoms with Crippen LogP contribution in [0.25, 0.3) is 22.5 Å². The second kappa shape index (κ2) is 10.6. The number of nitrogens with one attached hydrogen (secondary N) is 2. The third kappa shape index (κ3) is 4.92. The topological polar surface area (TPSA) is 91.0 Å². The lowest BCUT2D eigenvalue weighted by atomic mass is 9.97. The van der Waals surface area contributed by atoms with Gasteiger partial charge in [-0.2, -0.15) is 5.10 Å². The van der Waals surface area contributed by atoms with Crippen LogP contribution in [-0.2, 0) is 17.6 Å². The molecule has 0 saturated carbocycles. The van der Waals surface area contributed by atoms with Gasteiger partial charge in [0.1, 0.15) is 5.69 Å². The summed E-state index contributed by atoms with van der Waals surface area (Å²) >= 11 is 6.60. The Morgan fingerprint density at radius 1 is 0.974 bits per heavy atom. The molecular formula is C31H24ClN5O2. The first kappa shape index (κ1) is 24.6. The summed E-state index contributed by atoms with van der Waals surface area (Å²) in [7, 11) is 0. The van der Waals surface area contributed by atoms with Crippen molar-refractivity contribution in [1.29, 1.82) is 0 Å². The minimum absolute atomic E-state index is 0.171. The molecule has 0 unspecified atom stereocenters. The van der Waals surface area contributed by atoms with Gasteiger partial charge < -0.3 is 10.2 Å². The van der Waals surface area contributed by atoms with Gasteiger partial charge in [0.15, 0.2) is 0 Å². The molecule has 0 spiro atoms. The van der Waals surface area contributed by atoms with Gasteiger partial charge in [0.25, 0.3) is 5.91 Å². The van der Waals surface area contributed by atoms with Crippen molar-refractivity contribution in [2.45, 2.75) is 12.8 Å². The molecule has 39 heavy (non-hydrogen) atoms. The number of amides is 2. The standard InChI is InChI=1S/C31H24ClN5O2/c32-26-18-23(35-28(38)17-21-9-4-5-10-24(21)20-7-2-1-3-8-20)12-13-25(26)31(39)37-16-14-22-19-34-36-29(22)30-27(37)11-6-15-33-30/h1-13,15,18-19H,14,16-17H2,(H,34,36)(H,35,38). The zero-order valence-electron chi connectivity index (χ0n) is 20.9. The second-order valence-electron chi connectivity index (χ2n) is 9.29. The van der Waals surface area contributed by atoms with E-state index in [1.165, 1.54) is 0 Å². The average Bonchev–Trinajstić information content (AvgIpc) is 3.36. The minimum Gasteiger partial charge on any atom is -0.326 e. The molecule has 1 aliphatic rings. The molecule has 0 aliphatic carbocycles. The summed E-state index contributed by atoms with van der Waals surface area (Å²) in [5.41, 5.74) is 7.06. The predicted octanol–water partition coefficient (Wildman–Crippen LogP) is 6.18. The molecular weight excluding hydrogens is 510 g/mol. The number of pyridine rings is 1. The number of fused-ring (bicyclic) bond motifs is 3. The molecule has 3 heterocycles. The highest BCUT2D eigenvalue weighted by molar-refractivity contribution is 6.35. The maximum atomic E-state index is 13.7. The average molecular weight is 534 g/mol. The summed E-state index contributed by atoms with van der Waals surface area (Å²) in [6.07, 6.45) is 4.30. The zero-order valence-corrected chi connectivity index (χ0v) is 21.7. The monoisotopic (exact) mass is 533 g/mol. The van der Waals surface area contributed by atoms with E-state index in [1.54, 1.807) is 41.6 Å². The molecule has 0 atom stereocenters. The van der Waals surface area contributed by atoms with Gasteiger partial charge in [0.05, 0.1) is 34.6 Å². The highest BCUT2D eigenvalue weighted by Gasteiger charge is 2.28. The number of carbonyl (C=O) groups is 2. The number of H-pyrrole nitrogens is 1. The van der Waals surface area contributed by atoms with Crippen molar-refractivity contribution in [1.82, 2.24) is 15.2 Å². The molecule has 0 radical (unpaired) electrons. The fraction of sp³-hybridized carbons (Fsp3) is 0.0968. The molecule has 2 aromatic heterocycles. The van der Waals surface area contributed by atoms with E-state index >= 15 is 0 Å². The smallest absolute Gasteiger partial charge is 0.259 e. The molecule has 3 aromatic carbocycles. The first-order chi connectivity index (χ1) is 19.1. The summed E-state index contributed by atoms with van der Waals surface area (Å²) in [4.78, 5) is 32.8. The maximum Gasteiger partial charge on any atom is 0.259 e. The number of carbonyl (C=O) groups excluding carboxylic acids is 2. The van der Waals surface area contributed by atoms with Crippen LogP contribution in [-0.4, -0.2) is 33.5 Å². The molecule has 2 amide bonds. The molecule has 7 nitrogen and oxygen atoms in total. The number of halogens is 1. The quantitative estimate of drug-likeness (QED) is 0.282. The second-order valence-corrected chi connectivity index (χ2v) is 9.70. The maximum absolute atomic E-state index is 13.7. The Bertz CT molecular complexity index is 1680. The first-order valence-corrected chi connectivity index (χ1v) is 13.0. The third-order valence-corrected chi connectivity index (χ3v) is 7.13. The van der Waals surface area contributed by atoms with Gasteiger partial charge in [-0.3, -0.25) is 19.7 Å². The van der Waals surface area contributed by atoms with Gasteiger partial charge in [-0.1, -0.05) is 66.2 Å². The van der Waals surface area contributed by atoms with Crippen molar-refractivity contribution in [3.8, 4) is 22.5 Å². The lowest BCUT2D eigenvalue weighted by Crippen LogP contribution is -2.32. The Kier molecular flexibility index (Phi) is 6.65. The molecule has 192 valence electrons. The van der Waals surface area contributed by atoms with Crippen LogP contribution in [0.2, 0.25) is 5.02 Å². The summed E-state index contributed by atoms with van der Waals surface area (Å²) < 4.78 is 0. The van der Waals surface area contributed by atoms with Crippen LogP contribution in [0.1, 0.15) is 21.5 Å². The molecule has 1 aliphatic heterocycles. The van der Waals surface area contributed by atoms with E-state index in [0.29, 0.717) is 35.6 Å². The van der Waals surface area contributed by atoms with Crippen molar-refractivity contribution < 1.29 is 9.59 Å². The molecule has 6 rings (SSSR count). The molecule has 0 saturated heterocycles. The van der Waals surface area contributed by atoms with Crippen molar-refractivity contribution in [2.75, 3.05) is 16.8 Å². The highest BCUT2D eigenvalue weighted by atomic mass is 35.5. The molecule has 8 heteroatoms. The van der Waals surface area contributed by atoms with E-state index in [0.717, 1.165) is 27.9 Å². The molecule has 5 aromatic rings. The predicted molar refractivity (Wildman–Crippen MR) is 153 cm³/mol. The lowest BCUT2D eigenvalue weighted by Gasteiger charge is -2.23. The van der Waals surface area contributed by atoms with Gasteiger partial charge in [-0.15, -0.1) is 0 Å². The summed E-state index contributed by atoms with van der Waals surface area (Å²) in [5.74, 6) is -0.405. The number of aromatic nitrogens is 3. The Labute approximate surface area is 230 Å². The normalized spacial score (nSPS) is 12.3. The van der Waals surface area contributed by atoms with E-state index in [4.69, 9.17) is 11.6 Å². The van der Waals surface area contributed by atoms with Crippen molar-refractivity contribution >= 4 is 34.8 Å². The minimum atomic E-state index is -0.234. The Morgan fingerprint density at radius 2 is 1.79 bits per heavy atom. The van der Waals surface area contributed by atoms with Crippen molar-refractivity contribution in [2.24, 2.45) is 0 Å². The number of benzene rings is 3. The number of aromatic amines is 1. The van der Waals surface area contributed by atoms with Gasteiger partial charge >= 0.3 is 0 Å². The first-order valence-electron chi connectivity index (χ1n) is 12.6. The van der Waals surface area contributed by atoms with Crippen LogP contribution in [0.5, 0.6) is 0 Å². The van der Waals surface area contributed by atoms with Gasteiger partial charge in [-0.05, 0) is 53.4 Å². The number of hydrogen-bond donors (Lipinski definition) is 2. The molecule has 2 N–H and O–H groups in total. The van der Waals surface area contributed by atoms with E-state index in [1.807, 2.05) is 60.7 Å². The largest absolute Gasteiger partial charge is 0.326 e. The number of nitrogens with zero attached hydrogens (tertiary/aromatic N) is 3. The Morgan fingerprint density at radius 3 is 2.64 bits per heavy atom. The van der Waals surface area contributed by atoms with Crippen LogP contribution in [0.15, 0.2) is 97.3 Å². The summed E-state index contributed by atoms with van der Waals surface area (Å²) in [6.45, 7) is 0.458. The molecule has 0 bridgehead atoms. The van der Waals surface area contributed by atoms with Crippen LogP contribution in [0, 0.1) is 0 Å². The number of rotatable bonds is 5. The fourth-order valence-electron chi connectivity index (χ4n) is 4.94. The van der Waals surface area contributed by atoms with E-state index in [2.05, 4.69) is 20.5 Å². The third-order valence-electron chi connectivity index (χ3n) is 6.82. The Balaban J connectivity index is 1.20. The highest BCUT2D eigenvalue weighted by Crippen LogP contribution is 2.35. The SMILES string of the molecule is O=C(Cc1ccccc1-c1ccccc1)Nc1ccc(C(=O)N2CCc3cn[nH]c3-c3ncccc32)c(Cl)c1. The van der Waals surface area contributed by atoms with Gasteiger partial charge in [0, 0.05) is 24.0 Å². The van der Waals surface area contributed by atoms with Crippen molar-refractivity contribution in [3.05, 3.63) is 119 Å².